The highest BCUT2D eigenvalue weighted by atomic mass is 16.5. The quantitative estimate of drug-likeness (QED) is 0.559. The zero-order valence-electron chi connectivity index (χ0n) is 9.01. The summed E-state index contributed by atoms with van der Waals surface area (Å²) >= 11 is 0. The van der Waals surface area contributed by atoms with Gasteiger partial charge < -0.3 is 9.47 Å². The molecule has 1 aromatic rings. The van der Waals surface area contributed by atoms with E-state index in [9.17, 15) is 0 Å². The van der Waals surface area contributed by atoms with E-state index in [2.05, 4.69) is 4.74 Å². The molecule has 16 heavy (non-hydrogen) atoms. The van der Waals surface area contributed by atoms with E-state index in [1.165, 1.54) is 0 Å². The molecule has 0 saturated carbocycles. The van der Waals surface area contributed by atoms with Gasteiger partial charge in [0.15, 0.2) is 0 Å². The summed E-state index contributed by atoms with van der Waals surface area (Å²) in [4.78, 5) is 0. The van der Waals surface area contributed by atoms with Crippen LogP contribution in [0.15, 0.2) is 24.3 Å². The first-order valence-electron chi connectivity index (χ1n) is 4.92. The molecular weight excluding hydrogens is 204 g/mol. The Balaban J connectivity index is 2.55. The van der Waals surface area contributed by atoms with E-state index in [0.717, 1.165) is 11.1 Å². The maximum atomic E-state index is 8.38. The maximum absolute atomic E-state index is 8.38. The number of benzene rings is 1. The Morgan fingerprint density at radius 2 is 1.88 bits per heavy atom. The van der Waals surface area contributed by atoms with Gasteiger partial charge in [0, 0.05) is 6.42 Å². The first-order chi connectivity index (χ1) is 7.77. The first kappa shape index (κ1) is 11.9. The third-order valence-corrected chi connectivity index (χ3v) is 2.24. The lowest BCUT2D eigenvalue weighted by Crippen LogP contribution is -1.97. The number of hydrogen-bond donors (Lipinski definition) is 0. The smallest absolute Gasteiger partial charge is 0.286 e. The monoisotopic (exact) mass is 216 g/mol. The lowest BCUT2D eigenvalue weighted by atomic mass is 10.1. The van der Waals surface area contributed by atoms with E-state index in [1.54, 1.807) is 12.5 Å². The number of ether oxygens (including phenoxy) is 2. The standard InChI is InChI=1S/C12H12N2O2/c1-10(16-9-14)12-4-2-11(3-5-12)6-7-15-8-13/h2-5,10H,6-7H2,1H3. The SMILES string of the molecule is CC(OC#N)c1ccc(CCOC#N)cc1. The van der Waals surface area contributed by atoms with Gasteiger partial charge in [-0.25, -0.2) is 0 Å². The lowest BCUT2D eigenvalue weighted by molar-refractivity contribution is 0.182. The van der Waals surface area contributed by atoms with Crippen LogP contribution < -0.4 is 0 Å². The fourth-order valence-electron chi connectivity index (χ4n) is 1.32. The molecule has 0 aliphatic carbocycles. The van der Waals surface area contributed by atoms with Crippen LogP contribution in [-0.2, 0) is 15.9 Å². The molecule has 0 saturated heterocycles. The van der Waals surface area contributed by atoms with Crippen molar-refractivity contribution in [2.24, 2.45) is 0 Å². The molecule has 0 aliphatic rings. The third kappa shape index (κ3) is 3.51. The second-order valence-electron chi connectivity index (χ2n) is 3.28. The molecular formula is C12H12N2O2. The van der Waals surface area contributed by atoms with Crippen LogP contribution in [-0.4, -0.2) is 6.61 Å². The molecule has 0 amide bonds. The number of rotatable bonds is 5. The topological polar surface area (TPSA) is 66.0 Å². The maximum Gasteiger partial charge on any atom is 0.286 e. The van der Waals surface area contributed by atoms with Crippen molar-refractivity contribution in [1.82, 2.24) is 0 Å². The summed E-state index contributed by atoms with van der Waals surface area (Å²) < 4.78 is 9.40. The molecule has 82 valence electrons. The minimum atomic E-state index is -0.227. The molecule has 0 aromatic heterocycles. The Morgan fingerprint density at radius 3 is 2.44 bits per heavy atom. The average Bonchev–Trinajstić information content (AvgIpc) is 2.30. The molecule has 0 heterocycles. The molecule has 0 spiro atoms. The minimum Gasteiger partial charge on any atom is -0.427 e. The van der Waals surface area contributed by atoms with Crippen LogP contribution in [0.1, 0.15) is 24.2 Å². The predicted octanol–water partition coefficient (Wildman–Crippen LogP) is 2.29. The van der Waals surface area contributed by atoms with Crippen molar-refractivity contribution in [3.8, 4) is 12.5 Å². The molecule has 0 aliphatic heterocycles. The summed E-state index contributed by atoms with van der Waals surface area (Å²) in [6.07, 6.45) is 3.76. The summed E-state index contributed by atoms with van der Waals surface area (Å²) in [5.41, 5.74) is 2.04. The Bertz CT molecular complexity index is 401. The van der Waals surface area contributed by atoms with Crippen molar-refractivity contribution in [2.45, 2.75) is 19.4 Å². The minimum absolute atomic E-state index is 0.227. The summed E-state index contributed by atoms with van der Waals surface area (Å²) in [6, 6.07) is 7.69. The van der Waals surface area contributed by atoms with Crippen molar-refractivity contribution in [2.75, 3.05) is 6.61 Å². The van der Waals surface area contributed by atoms with Crippen LogP contribution in [0.5, 0.6) is 0 Å². The van der Waals surface area contributed by atoms with Crippen LogP contribution in [0.2, 0.25) is 0 Å². The highest BCUT2D eigenvalue weighted by Gasteiger charge is 2.05. The summed E-state index contributed by atoms with van der Waals surface area (Å²) in [5, 5.41) is 16.6. The van der Waals surface area contributed by atoms with E-state index in [1.807, 2.05) is 31.2 Å². The molecule has 1 atom stereocenters. The molecule has 1 aromatic carbocycles. The number of nitrogens with zero attached hydrogens (tertiary/aromatic N) is 2. The molecule has 0 N–H and O–H groups in total. The Kier molecular flexibility index (Phi) is 4.69. The first-order valence-corrected chi connectivity index (χ1v) is 4.92. The van der Waals surface area contributed by atoms with Gasteiger partial charge in [-0.15, -0.1) is 0 Å². The highest BCUT2D eigenvalue weighted by molar-refractivity contribution is 5.24. The average molecular weight is 216 g/mol. The van der Waals surface area contributed by atoms with Crippen molar-refractivity contribution < 1.29 is 9.47 Å². The van der Waals surface area contributed by atoms with Gasteiger partial charge in [-0.3, -0.25) is 0 Å². The summed E-state index contributed by atoms with van der Waals surface area (Å²) in [5.74, 6) is 0. The van der Waals surface area contributed by atoms with E-state index < -0.39 is 0 Å². The summed E-state index contributed by atoms with van der Waals surface area (Å²) in [7, 11) is 0. The number of nitriles is 2. The molecule has 1 rings (SSSR count). The van der Waals surface area contributed by atoms with Crippen LogP contribution >= 0.6 is 0 Å². The fourth-order valence-corrected chi connectivity index (χ4v) is 1.32. The van der Waals surface area contributed by atoms with Crippen LogP contribution in [0.4, 0.5) is 0 Å². The highest BCUT2D eigenvalue weighted by Crippen LogP contribution is 2.16. The zero-order valence-corrected chi connectivity index (χ0v) is 9.01. The van der Waals surface area contributed by atoms with Gasteiger partial charge in [0.2, 0.25) is 0 Å². The van der Waals surface area contributed by atoms with Crippen LogP contribution in [0.25, 0.3) is 0 Å². The molecule has 1 unspecified atom stereocenters. The van der Waals surface area contributed by atoms with Gasteiger partial charge in [-0.2, -0.15) is 10.5 Å². The van der Waals surface area contributed by atoms with Gasteiger partial charge in [-0.05, 0) is 18.1 Å². The van der Waals surface area contributed by atoms with Crippen molar-refractivity contribution >= 4 is 0 Å². The molecule has 0 fully saturated rings. The largest absolute Gasteiger partial charge is 0.427 e. The van der Waals surface area contributed by atoms with Gasteiger partial charge >= 0.3 is 0 Å². The molecule has 0 bridgehead atoms. The molecule has 4 heteroatoms. The fraction of sp³-hybridized carbons (Fsp3) is 0.333. The Hall–Kier alpha value is -2.20. The normalized spacial score (nSPS) is 10.9. The van der Waals surface area contributed by atoms with Gasteiger partial charge in [0.1, 0.15) is 12.7 Å². The Morgan fingerprint density at radius 1 is 1.19 bits per heavy atom. The van der Waals surface area contributed by atoms with Gasteiger partial charge in [0.05, 0.1) is 0 Å². The predicted molar refractivity (Wildman–Crippen MR) is 56.8 cm³/mol. The third-order valence-electron chi connectivity index (χ3n) is 2.24. The lowest BCUT2D eigenvalue weighted by Gasteiger charge is -2.08. The zero-order chi connectivity index (χ0) is 11.8. The van der Waals surface area contributed by atoms with Gasteiger partial charge in [0.25, 0.3) is 12.5 Å². The molecule has 0 radical (unpaired) electrons. The molecule has 4 nitrogen and oxygen atoms in total. The van der Waals surface area contributed by atoms with Crippen molar-refractivity contribution in [3.63, 3.8) is 0 Å². The van der Waals surface area contributed by atoms with Crippen LogP contribution in [0, 0.1) is 23.0 Å². The number of hydrogen-bond acceptors (Lipinski definition) is 4. The van der Waals surface area contributed by atoms with Crippen LogP contribution in [0.3, 0.4) is 0 Å². The van der Waals surface area contributed by atoms with Crippen molar-refractivity contribution in [1.29, 1.82) is 10.5 Å². The van der Waals surface area contributed by atoms with E-state index in [0.29, 0.717) is 13.0 Å². The van der Waals surface area contributed by atoms with E-state index in [-0.39, 0.29) is 6.10 Å². The summed E-state index contributed by atoms with van der Waals surface area (Å²) in [6.45, 7) is 2.21. The second kappa shape index (κ2) is 6.31. The van der Waals surface area contributed by atoms with Crippen molar-refractivity contribution in [3.05, 3.63) is 35.4 Å². The Labute approximate surface area is 94.6 Å². The van der Waals surface area contributed by atoms with E-state index in [4.69, 9.17) is 15.3 Å². The van der Waals surface area contributed by atoms with E-state index >= 15 is 0 Å². The second-order valence-corrected chi connectivity index (χ2v) is 3.28. The van der Waals surface area contributed by atoms with Gasteiger partial charge in [-0.1, -0.05) is 24.3 Å².